The maximum absolute atomic E-state index is 13.3. The number of amides is 1. The number of ether oxygens (including phenoxy) is 1. The third-order valence-corrected chi connectivity index (χ3v) is 8.36. The first-order valence-corrected chi connectivity index (χ1v) is 11.8. The van der Waals surface area contributed by atoms with Gasteiger partial charge in [-0.25, -0.2) is 9.97 Å². The van der Waals surface area contributed by atoms with Gasteiger partial charge in [0.2, 0.25) is 5.95 Å². The molecule has 1 aliphatic heterocycles. The zero-order chi connectivity index (χ0) is 20.3. The average Bonchev–Trinajstić information content (AvgIpc) is 3.15. The first-order valence-electron chi connectivity index (χ1n) is 11.8. The topological polar surface area (TPSA) is 96.4 Å². The number of rotatable bonds is 5. The fourth-order valence-electron chi connectivity index (χ4n) is 6.91. The van der Waals surface area contributed by atoms with Crippen LogP contribution in [0.3, 0.4) is 0 Å². The Hall–Kier alpha value is -1.73. The van der Waals surface area contributed by atoms with Crippen molar-refractivity contribution >= 4 is 11.9 Å². The van der Waals surface area contributed by atoms with E-state index in [1.165, 1.54) is 6.42 Å². The molecule has 6 aliphatic rings. The number of nitrogens with zero attached hydrogens (tertiary/aromatic N) is 2. The van der Waals surface area contributed by atoms with Crippen LogP contribution in [0.5, 0.6) is 0 Å². The molecule has 1 aromatic rings. The number of aliphatic hydroxyl groups is 1. The van der Waals surface area contributed by atoms with Crippen molar-refractivity contribution < 1.29 is 14.6 Å². The quantitative estimate of drug-likeness (QED) is 0.688. The highest BCUT2D eigenvalue weighted by Crippen LogP contribution is 2.55. The Kier molecular flexibility index (Phi) is 4.53. The first-order chi connectivity index (χ1) is 14.6. The van der Waals surface area contributed by atoms with Gasteiger partial charge >= 0.3 is 0 Å². The predicted octanol–water partition coefficient (Wildman–Crippen LogP) is 2.61. The van der Waals surface area contributed by atoms with Crippen LogP contribution in [0.1, 0.15) is 79.8 Å². The van der Waals surface area contributed by atoms with Gasteiger partial charge in [0, 0.05) is 24.8 Å². The van der Waals surface area contributed by atoms with Crippen LogP contribution in [0.4, 0.5) is 5.95 Å². The number of carbonyl (C=O) groups excluding carboxylic acids is 1. The molecule has 1 aromatic heterocycles. The van der Waals surface area contributed by atoms with E-state index < -0.39 is 5.60 Å². The fourth-order valence-corrected chi connectivity index (χ4v) is 6.91. The van der Waals surface area contributed by atoms with Crippen LogP contribution < -0.4 is 10.6 Å². The predicted molar refractivity (Wildman–Crippen MR) is 111 cm³/mol. The molecule has 1 saturated heterocycles. The number of hydrogen-bond donors (Lipinski definition) is 3. The van der Waals surface area contributed by atoms with Gasteiger partial charge in [0.05, 0.1) is 29.5 Å². The summed E-state index contributed by atoms with van der Waals surface area (Å²) in [4.78, 5) is 22.6. The Morgan fingerprint density at radius 1 is 1.17 bits per heavy atom. The van der Waals surface area contributed by atoms with Gasteiger partial charge in [-0.2, -0.15) is 0 Å². The minimum Gasteiger partial charge on any atom is -0.390 e. The highest BCUT2D eigenvalue weighted by molar-refractivity contribution is 5.95. The summed E-state index contributed by atoms with van der Waals surface area (Å²) in [6.45, 7) is 1.45. The molecule has 0 radical (unpaired) electrons. The number of aromatic nitrogens is 2. The molecule has 6 fully saturated rings. The second-order valence-corrected chi connectivity index (χ2v) is 10.5. The van der Waals surface area contributed by atoms with Gasteiger partial charge in [0.1, 0.15) is 0 Å². The molecule has 7 rings (SSSR count). The van der Waals surface area contributed by atoms with Crippen LogP contribution in [-0.4, -0.2) is 51.9 Å². The third-order valence-electron chi connectivity index (χ3n) is 8.36. The van der Waals surface area contributed by atoms with Crippen LogP contribution in [-0.2, 0) is 4.74 Å². The maximum atomic E-state index is 13.3. The molecule has 4 bridgehead atoms. The summed E-state index contributed by atoms with van der Waals surface area (Å²) in [6, 6.07) is 0.426. The van der Waals surface area contributed by atoms with E-state index in [9.17, 15) is 9.90 Å². The molecule has 5 aliphatic carbocycles. The normalized spacial score (nSPS) is 39.7. The minimum atomic E-state index is -0.477. The first kappa shape index (κ1) is 19.0. The van der Waals surface area contributed by atoms with Crippen molar-refractivity contribution in [3.63, 3.8) is 0 Å². The Labute approximate surface area is 177 Å². The molecule has 7 heteroatoms. The van der Waals surface area contributed by atoms with E-state index >= 15 is 0 Å². The maximum Gasteiger partial charge on any atom is 0.254 e. The smallest absolute Gasteiger partial charge is 0.254 e. The van der Waals surface area contributed by atoms with E-state index in [1.807, 2.05) is 0 Å². The monoisotopic (exact) mass is 412 g/mol. The lowest BCUT2D eigenvalue weighted by Crippen LogP contribution is -2.61. The lowest BCUT2D eigenvalue weighted by Gasteiger charge is -2.58. The van der Waals surface area contributed by atoms with Crippen LogP contribution in [0.15, 0.2) is 6.20 Å². The lowest BCUT2D eigenvalue weighted by atomic mass is 9.52. The van der Waals surface area contributed by atoms with Crippen LogP contribution in [0.2, 0.25) is 0 Å². The number of anilines is 1. The molecule has 2 unspecified atom stereocenters. The standard InChI is InChI=1S/C23H32N4O3/c28-21(26-19-15-6-13-7-16(19)10-23(29,8-13)9-15)18-11-24-22(25-17-4-5-30-12-17)27-20(18)14-2-1-3-14/h11,13-17,19,29H,1-10,12H2,(H,26,28)(H,24,25,27)/t13?,15?,16?,17-,19?,23?/m1/s1. The second-order valence-electron chi connectivity index (χ2n) is 10.5. The van der Waals surface area contributed by atoms with E-state index in [0.717, 1.165) is 63.7 Å². The van der Waals surface area contributed by atoms with Crippen molar-refractivity contribution in [2.45, 2.75) is 81.4 Å². The van der Waals surface area contributed by atoms with Gasteiger partial charge in [-0.1, -0.05) is 6.42 Å². The summed E-state index contributed by atoms with van der Waals surface area (Å²) in [5.41, 5.74) is 1.06. The van der Waals surface area contributed by atoms with Crippen molar-refractivity contribution in [1.82, 2.24) is 15.3 Å². The Bertz CT molecular complexity index is 820. The minimum absolute atomic E-state index is 0.0305. The molecular formula is C23H32N4O3. The van der Waals surface area contributed by atoms with E-state index in [0.29, 0.717) is 41.8 Å². The Morgan fingerprint density at radius 3 is 2.60 bits per heavy atom. The van der Waals surface area contributed by atoms with Crippen molar-refractivity contribution in [3.05, 3.63) is 17.5 Å². The molecule has 7 nitrogen and oxygen atoms in total. The molecule has 1 amide bonds. The molecule has 3 atom stereocenters. The van der Waals surface area contributed by atoms with E-state index in [-0.39, 0.29) is 18.0 Å². The van der Waals surface area contributed by atoms with Crippen LogP contribution >= 0.6 is 0 Å². The second kappa shape index (κ2) is 7.16. The summed E-state index contributed by atoms with van der Waals surface area (Å²) in [7, 11) is 0. The van der Waals surface area contributed by atoms with Crippen molar-refractivity contribution in [2.24, 2.45) is 17.8 Å². The summed E-state index contributed by atoms with van der Waals surface area (Å²) >= 11 is 0. The molecule has 2 heterocycles. The molecule has 3 N–H and O–H groups in total. The molecule has 0 aromatic carbocycles. The summed E-state index contributed by atoms with van der Waals surface area (Å²) in [5, 5.41) is 17.6. The van der Waals surface area contributed by atoms with Gasteiger partial charge in [0.15, 0.2) is 0 Å². The number of carbonyl (C=O) groups is 1. The number of nitrogens with one attached hydrogen (secondary N) is 2. The zero-order valence-corrected chi connectivity index (χ0v) is 17.5. The molecular weight excluding hydrogens is 380 g/mol. The van der Waals surface area contributed by atoms with E-state index in [2.05, 4.69) is 15.6 Å². The highest BCUT2D eigenvalue weighted by atomic mass is 16.5. The zero-order valence-electron chi connectivity index (χ0n) is 17.5. The highest BCUT2D eigenvalue weighted by Gasteiger charge is 2.55. The van der Waals surface area contributed by atoms with Gasteiger partial charge in [-0.15, -0.1) is 0 Å². The van der Waals surface area contributed by atoms with Gasteiger partial charge in [0.25, 0.3) is 5.91 Å². The van der Waals surface area contributed by atoms with Crippen LogP contribution in [0, 0.1) is 17.8 Å². The largest absolute Gasteiger partial charge is 0.390 e. The lowest BCUT2D eigenvalue weighted by molar-refractivity contribution is -0.136. The molecule has 162 valence electrons. The van der Waals surface area contributed by atoms with Crippen LogP contribution in [0.25, 0.3) is 0 Å². The molecule has 30 heavy (non-hydrogen) atoms. The van der Waals surface area contributed by atoms with Crippen molar-refractivity contribution in [2.75, 3.05) is 18.5 Å². The summed E-state index contributed by atoms with van der Waals surface area (Å²) < 4.78 is 5.44. The molecule has 5 saturated carbocycles. The fraction of sp³-hybridized carbons (Fsp3) is 0.783. The third kappa shape index (κ3) is 3.30. The Morgan fingerprint density at radius 2 is 1.97 bits per heavy atom. The van der Waals surface area contributed by atoms with Gasteiger partial charge in [-0.05, 0) is 69.1 Å². The van der Waals surface area contributed by atoms with Crippen molar-refractivity contribution in [3.8, 4) is 0 Å². The average molecular weight is 413 g/mol. The van der Waals surface area contributed by atoms with E-state index in [1.54, 1.807) is 6.20 Å². The summed E-state index contributed by atoms with van der Waals surface area (Å²) in [6.07, 6.45) is 11.0. The number of hydrogen-bond acceptors (Lipinski definition) is 6. The van der Waals surface area contributed by atoms with Gasteiger partial charge < -0.3 is 20.5 Å². The van der Waals surface area contributed by atoms with E-state index in [4.69, 9.17) is 9.72 Å². The Balaban J connectivity index is 1.21. The SMILES string of the molecule is O=C(NC1C2CC3CC1CC(O)(C3)C2)c1cnc(N[C@@H]2CCOC2)nc1C1CCC1. The van der Waals surface area contributed by atoms with Crippen molar-refractivity contribution in [1.29, 1.82) is 0 Å². The molecule has 0 spiro atoms. The summed E-state index contributed by atoms with van der Waals surface area (Å²) in [5.74, 6) is 2.38. The van der Waals surface area contributed by atoms with Gasteiger partial charge in [-0.3, -0.25) is 4.79 Å².